The van der Waals surface area contributed by atoms with E-state index in [1.807, 2.05) is 43.3 Å². The number of benzene rings is 2. The minimum Gasteiger partial charge on any atom is -0.398 e. The average Bonchev–Trinajstić information content (AvgIpc) is 2.45. The van der Waals surface area contributed by atoms with E-state index < -0.39 is 0 Å². The van der Waals surface area contributed by atoms with Gasteiger partial charge in [0.25, 0.3) is 5.91 Å². The molecule has 0 heterocycles. The number of ether oxygens (including phenoxy) is 1. The normalized spacial score (nSPS) is 12.3. The first-order valence-corrected chi connectivity index (χ1v) is 6.59. The Bertz CT molecular complexity index is 625. The molecule has 0 aromatic heterocycles. The predicted molar refractivity (Wildman–Crippen MR) is 81.8 cm³/mol. The average molecular weight is 272 g/mol. The van der Waals surface area contributed by atoms with E-state index in [-0.39, 0.29) is 11.9 Å². The van der Waals surface area contributed by atoms with E-state index in [2.05, 4.69) is 0 Å². The maximum atomic E-state index is 12.5. The number of carbonyl (C=O) groups excluding carboxylic acids is 1. The number of hydrogen-bond acceptors (Lipinski definition) is 3. The van der Waals surface area contributed by atoms with E-state index >= 15 is 0 Å². The van der Waals surface area contributed by atoms with Crippen LogP contribution >= 0.6 is 0 Å². The zero-order chi connectivity index (χ0) is 14.7. The molecule has 0 radical (unpaired) electrons. The van der Waals surface area contributed by atoms with Gasteiger partial charge in [-0.3, -0.25) is 4.79 Å². The highest BCUT2D eigenvalue weighted by molar-refractivity contribution is 6.03. The number of nitrogens with zero attached hydrogens (tertiary/aromatic N) is 1. The Balaban J connectivity index is 2.36. The van der Waals surface area contributed by atoms with Crippen LogP contribution in [0.3, 0.4) is 0 Å². The molecule has 2 rings (SSSR count). The second-order valence-corrected chi connectivity index (χ2v) is 5.01. The second-order valence-electron chi connectivity index (χ2n) is 5.01. The first-order chi connectivity index (χ1) is 9.54. The minimum absolute atomic E-state index is 0.00151. The van der Waals surface area contributed by atoms with Crippen LogP contribution in [0.4, 0.5) is 5.69 Å². The van der Waals surface area contributed by atoms with Crippen LogP contribution in [-0.2, 0) is 4.74 Å². The molecule has 1 amide bonds. The van der Waals surface area contributed by atoms with Gasteiger partial charge < -0.3 is 15.4 Å². The fourth-order valence-corrected chi connectivity index (χ4v) is 2.19. The highest BCUT2D eigenvalue weighted by Crippen LogP contribution is 2.23. The van der Waals surface area contributed by atoms with Crippen molar-refractivity contribution < 1.29 is 9.53 Å². The first-order valence-electron chi connectivity index (χ1n) is 6.59. The van der Waals surface area contributed by atoms with Crippen LogP contribution in [0.2, 0.25) is 0 Å². The standard InChI is InChI=1S/C16H20N2O2/c1-11(10-20-3)18(2)16(19)14-8-12-6-4-5-7-13(12)9-15(14)17/h4-9,11H,10,17H2,1-3H3. The summed E-state index contributed by atoms with van der Waals surface area (Å²) in [4.78, 5) is 14.2. The highest BCUT2D eigenvalue weighted by atomic mass is 16.5. The Hall–Kier alpha value is -2.07. The molecule has 1 unspecified atom stereocenters. The number of likely N-dealkylation sites (N-methyl/N-ethyl adjacent to an activating group) is 1. The predicted octanol–water partition coefficient (Wildman–Crippen LogP) is 2.53. The molecule has 0 saturated heterocycles. The zero-order valence-corrected chi connectivity index (χ0v) is 12.1. The van der Waals surface area contributed by atoms with E-state index in [0.29, 0.717) is 17.9 Å². The monoisotopic (exact) mass is 272 g/mol. The van der Waals surface area contributed by atoms with Gasteiger partial charge in [0, 0.05) is 19.8 Å². The van der Waals surface area contributed by atoms with Crippen molar-refractivity contribution in [2.75, 3.05) is 26.5 Å². The summed E-state index contributed by atoms with van der Waals surface area (Å²) in [6, 6.07) is 11.6. The van der Waals surface area contributed by atoms with Crippen molar-refractivity contribution in [1.29, 1.82) is 0 Å². The van der Waals surface area contributed by atoms with Crippen LogP contribution in [0.1, 0.15) is 17.3 Å². The molecule has 2 aromatic rings. The van der Waals surface area contributed by atoms with Crippen molar-refractivity contribution in [1.82, 2.24) is 4.90 Å². The van der Waals surface area contributed by atoms with Crippen LogP contribution in [0.25, 0.3) is 10.8 Å². The van der Waals surface area contributed by atoms with Gasteiger partial charge in [-0.1, -0.05) is 24.3 Å². The Morgan fingerprint density at radius 3 is 2.50 bits per heavy atom. The largest absolute Gasteiger partial charge is 0.398 e. The smallest absolute Gasteiger partial charge is 0.256 e. The van der Waals surface area contributed by atoms with Gasteiger partial charge in [-0.05, 0) is 29.8 Å². The lowest BCUT2D eigenvalue weighted by molar-refractivity contribution is 0.0634. The molecule has 0 aliphatic carbocycles. The molecule has 1 atom stereocenters. The van der Waals surface area contributed by atoms with Gasteiger partial charge in [-0.2, -0.15) is 0 Å². The lowest BCUT2D eigenvalue weighted by Gasteiger charge is -2.25. The molecule has 0 spiro atoms. The summed E-state index contributed by atoms with van der Waals surface area (Å²) in [7, 11) is 3.39. The van der Waals surface area contributed by atoms with Crippen molar-refractivity contribution >= 4 is 22.4 Å². The number of fused-ring (bicyclic) bond motifs is 1. The number of amides is 1. The third kappa shape index (κ3) is 2.75. The molecule has 0 aliphatic rings. The Morgan fingerprint density at radius 2 is 1.90 bits per heavy atom. The molecule has 0 aliphatic heterocycles. The van der Waals surface area contributed by atoms with E-state index in [1.54, 1.807) is 19.1 Å². The fourth-order valence-electron chi connectivity index (χ4n) is 2.19. The molecule has 4 nitrogen and oxygen atoms in total. The maximum absolute atomic E-state index is 12.5. The number of nitrogens with two attached hydrogens (primary N) is 1. The summed E-state index contributed by atoms with van der Waals surface area (Å²) in [6.07, 6.45) is 0. The molecule has 106 valence electrons. The Morgan fingerprint density at radius 1 is 1.30 bits per heavy atom. The summed E-state index contributed by atoms with van der Waals surface area (Å²) in [5, 5.41) is 2.05. The molecule has 0 bridgehead atoms. The van der Waals surface area contributed by atoms with Crippen molar-refractivity contribution in [2.24, 2.45) is 0 Å². The highest BCUT2D eigenvalue weighted by Gasteiger charge is 2.19. The number of anilines is 1. The number of methoxy groups -OCH3 is 1. The molecule has 4 heteroatoms. The molecule has 0 fully saturated rings. The third-order valence-electron chi connectivity index (χ3n) is 3.54. The summed E-state index contributed by atoms with van der Waals surface area (Å²) < 4.78 is 5.09. The summed E-state index contributed by atoms with van der Waals surface area (Å²) in [6.45, 7) is 2.44. The van der Waals surface area contributed by atoms with Crippen molar-refractivity contribution in [3.05, 3.63) is 42.0 Å². The van der Waals surface area contributed by atoms with E-state index in [9.17, 15) is 4.79 Å². The SMILES string of the molecule is COCC(C)N(C)C(=O)c1cc2ccccc2cc1N. The summed E-state index contributed by atoms with van der Waals surface area (Å²) >= 11 is 0. The van der Waals surface area contributed by atoms with Crippen molar-refractivity contribution in [3.8, 4) is 0 Å². The topological polar surface area (TPSA) is 55.6 Å². The van der Waals surface area contributed by atoms with Crippen LogP contribution < -0.4 is 5.73 Å². The first kappa shape index (κ1) is 14.3. The number of carbonyl (C=O) groups is 1. The molecule has 20 heavy (non-hydrogen) atoms. The van der Waals surface area contributed by atoms with E-state index in [1.165, 1.54) is 0 Å². The lowest BCUT2D eigenvalue weighted by atomic mass is 10.0. The number of nitrogen functional groups attached to an aromatic ring is 1. The Kier molecular flexibility index (Phi) is 4.25. The Labute approximate surface area is 119 Å². The van der Waals surface area contributed by atoms with Crippen LogP contribution in [0.5, 0.6) is 0 Å². The quantitative estimate of drug-likeness (QED) is 0.870. The molecular formula is C16H20N2O2. The number of hydrogen-bond donors (Lipinski definition) is 1. The minimum atomic E-state index is -0.0854. The van der Waals surface area contributed by atoms with Gasteiger partial charge in [0.05, 0.1) is 18.2 Å². The fraction of sp³-hybridized carbons (Fsp3) is 0.312. The molecular weight excluding hydrogens is 252 g/mol. The van der Waals surface area contributed by atoms with Crippen LogP contribution in [0.15, 0.2) is 36.4 Å². The van der Waals surface area contributed by atoms with Gasteiger partial charge in [0.15, 0.2) is 0 Å². The van der Waals surface area contributed by atoms with Gasteiger partial charge in [-0.15, -0.1) is 0 Å². The van der Waals surface area contributed by atoms with Gasteiger partial charge in [0.2, 0.25) is 0 Å². The third-order valence-corrected chi connectivity index (χ3v) is 3.54. The van der Waals surface area contributed by atoms with Crippen molar-refractivity contribution in [2.45, 2.75) is 13.0 Å². The van der Waals surface area contributed by atoms with E-state index in [0.717, 1.165) is 10.8 Å². The summed E-state index contributed by atoms with van der Waals surface area (Å²) in [5.74, 6) is -0.0854. The van der Waals surface area contributed by atoms with Crippen LogP contribution in [0, 0.1) is 0 Å². The zero-order valence-electron chi connectivity index (χ0n) is 12.1. The van der Waals surface area contributed by atoms with Gasteiger partial charge in [0.1, 0.15) is 0 Å². The summed E-state index contributed by atoms with van der Waals surface area (Å²) in [5.41, 5.74) is 7.06. The van der Waals surface area contributed by atoms with E-state index in [4.69, 9.17) is 10.5 Å². The van der Waals surface area contributed by atoms with Gasteiger partial charge >= 0.3 is 0 Å². The molecule has 0 saturated carbocycles. The second kappa shape index (κ2) is 5.92. The van der Waals surface area contributed by atoms with Crippen LogP contribution in [-0.4, -0.2) is 37.6 Å². The molecule has 2 N–H and O–H groups in total. The number of rotatable bonds is 4. The maximum Gasteiger partial charge on any atom is 0.256 e. The van der Waals surface area contributed by atoms with Gasteiger partial charge in [-0.25, -0.2) is 0 Å². The van der Waals surface area contributed by atoms with Crippen molar-refractivity contribution in [3.63, 3.8) is 0 Å². The molecule has 2 aromatic carbocycles. The lowest BCUT2D eigenvalue weighted by Crippen LogP contribution is -2.38.